The van der Waals surface area contributed by atoms with Crippen molar-refractivity contribution < 1.29 is 38.3 Å². The maximum atomic E-state index is 13.6. The van der Waals surface area contributed by atoms with Gasteiger partial charge in [-0.1, -0.05) is 74.5 Å². The van der Waals surface area contributed by atoms with Gasteiger partial charge in [0.2, 0.25) is 15.9 Å². The third kappa shape index (κ3) is 9.30. The highest BCUT2D eigenvalue weighted by atomic mass is 32.2. The summed E-state index contributed by atoms with van der Waals surface area (Å²) in [6.45, 7) is 3.68. The number of hydrogen-bond acceptors (Lipinski definition) is 8. The molecular formula is C30H35BN3O8S. The normalized spacial score (nSPS) is 13.5. The van der Waals surface area contributed by atoms with Crippen LogP contribution in [-0.4, -0.2) is 71.4 Å². The van der Waals surface area contributed by atoms with Gasteiger partial charge in [0.25, 0.3) is 0 Å². The van der Waals surface area contributed by atoms with Gasteiger partial charge in [-0.2, -0.15) is 0 Å². The first-order valence-electron chi connectivity index (χ1n) is 13.6. The maximum Gasteiger partial charge on any atom is 0.482 e. The molecule has 227 valence electrons. The van der Waals surface area contributed by atoms with Crippen molar-refractivity contribution in [2.75, 3.05) is 0 Å². The molecule has 0 aliphatic carbocycles. The lowest BCUT2D eigenvalue weighted by molar-refractivity contribution is -0.142. The average molecular weight is 609 g/mol. The zero-order chi connectivity index (χ0) is 31.6. The van der Waals surface area contributed by atoms with Crippen LogP contribution in [0, 0.1) is 5.92 Å². The molecule has 1 amide bonds. The molecule has 1 unspecified atom stereocenters. The summed E-state index contributed by atoms with van der Waals surface area (Å²) < 4.78 is 29.9. The number of sulfonamides is 1. The minimum atomic E-state index is -4.19. The fraction of sp³-hybridized carbons (Fsp3) is 0.300. The molecule has 1 radical (unpaired) electrons. The highest BCUT2D eigenvalue weighted by molar-refractivity contribution is 7.89. The van der Waals surface area contributed by atoms with E-state index in [4.69, 9.17) is 10.0 Å². The molecular weight excluding hydrogens is 573 g/mol. The van der Waals surface area contributed by atoms with Crippen molar-refractivity contribution in [2.45, 2.75) is 56.2 Å². The molecule has 3 aromatic carbocycles. The number of aliphatic carboxylic acids is 1. The van der Waals surface area contributed by atoms with E-state index >= 15 is 0 Å². The van der Waals surface area contributed by atoms with Crippen LogP contribution in [0.5, 0.6) is 0 Å². The zero-order valence-corrected chi connectivity index (χ0v) is 24.6. The number of nitrogens with one attached hydrogen (secondary N) is 2. The van der Waals surface area contributed by atoms with Crippen molar-refractivity contribution in [1.82, 2.24) is 15.0 Å². The molecule has 13 heteroatoms. The van der Waals surface area contributed by atoms with Crippen LogP contribution in [0.2, 0.25) is 0 Å². The predicted molar refractivity (Wildman–Crippen MR) is 163 cm³/mol. The van der Waals surface area contributed by atoms with Crippen LogP contribution in [0.25, 0.3) is 21.7 Å². The molecule has 1 heterocycles. The second-order valence-electron chi connectivity index (χ2n) is 10.4. The minimum Gasteiger partial charge on any atom is -0.480 e. The first-order chi connectivity index (χ1) is 20.5. The van der Waals surface area contributed by atoms with Gasteiger partial charge in [0.05, 0.1) is 24.1 Å². The summed E-state index contributed by atoms with van der Waals surface area (Å²) in [6, 6.07) is 19.3. The number of rotatable bonds is 12. The van der Waals surface area contributed by atoms with Crippen LogP contribution in [0.3, 0.4) is 0 Å². The van der Waals surface area contributed by atoms with Gasteiger partial charge in [-0.05, 0) is 47.2 Å². The quantitative estimate of drug-likeness (QED) is 0.131. The summed E-state index contributed by atoms with van der Waals surface area (Å²) in [7, 11) is -4.19. The summed E-state index contributed by atoms with van der Waals surface area (Å²) in [6.07, 6.45) is -0.137. The fourth-order valence-corrected chi connectivity index (χ4v) is 6.25. The van der Waals surface area contributed by atoms with Crippen molar-refractivity contribution in [1.29, 1.82) is 0 Å². The molecule has 0 aliphatic heterocycles. The number of nitrogens with zero attached hydrogens (tertiary/aromatic N) is 1. The first kappa shape index (κ1) is 33.6. The molecule has 1 aromatic heterocycles. The summed E-state index contributed by atoms with van der Waals surface area (Å²) in [5.74, 6) is -1.84. The number of carboxylic acid groups (broad SMARTS) is 1. The molecule has 0 fully saturated rings. The monoisotopic (exact) mass is 608 g/mol. The van der Waals surface area contributed by atoms with Crippen molar-refractivity contribution in [3.05, 3.63) is 84.6 Å². The number of pyridine rings is 1. The molecule has 6 N–H and O–H groups in total. The largest absolute Gasteiger partial charge is 0.482 e. The highest BCUT2D eigenvalue weighted by Gasteiger charge is 2.31. The van der Waals surface area contributed by atoms with Crippen LogP contribution in [-0.2, 0) is 26.0 Å². The van der Waals surface area contributed by atoms with Gasteiger partial charge in [-0.3, -0.25) is 9.78 Å². The van der Waals surface area contributed by atoms with Gasteiger partial charge in [0.1, 0.15) is 10.9 Å². The molecule has 4 rings (SSSR count). The van der Waals surface area contributed by atoms with E-state index < -0.39 is 46.5 Å². The average Bonchev–Trinajstić information content (AvgIpc) is 2.96. The third-order valence-electron chi connectivity index (χ3n) is 6.71. The maximum absolute atomic E-state index is 13.6. The number of carbonyl (C=O) groups excluding carboxylic acids is 1. The number of para-hydroxylation sites is 1. The van der Waals surface area contributed by atoms with Gasteiger partial charge >= 0.3 is 13.7 Å². The van der Waals surface area contributed by atoms with Gasteiger partial charge in [0, 0.05) is 11.6 Å². The van der Waals surface area contributed by atoms with Crippen LogP contribution in [0.15, 0.2) is 83.9 Å². The van der Waals surface area contributed by atoms with Crippen LogP contribution in [0.1, 0.15) is 32.3 Å². The molecule has 43 heavy (non-hydrogen) atoms. The third-order valence-corrected chi connectivity index (χ3v) is 8.23. The number of aliphatic hydroxyl groups is 1. The number of benzene rings is 3. The molecule has 4 aromatic rings. The number of carboxylic acids is 1. The number of hydrogen-bond donors (Lipinski definition) is 6. The molecule has 0 saturated heterocycles. The Morgan fingerprint density at radius 3 is 2.26 bits per heavy atom. The lowest BCUT2D eigenvalue weighted by Crippen LogP contribution is -2.48. The summed E-state index contributed by atoms with van der Waals surface area (Å²) >= 11 is 0. The van der Waals surface area contributed by atoms with Crippen molar-refractivity contribution in [3.8, 4) is 0 Å². The number of amides is 1. The Bertz CT molecular complexity index is 1640. The second-order valence-corrected chi connectivity index (χ2v) is 12.1. The van der Waals surface area contributed by atoms with Crippen LogP contribution >= 0.6 is 0 Å². The standard InChI is InChI=1S/C30H33N3O6S.BH2O2/c1-19(2)16-25(30(36)37)32-28(35)18-26(34)24(17-22-11-5-9-20-8-3-4-13-23(20)22)33-40(38,39)27-14-6-10-21-12-7-15-31-29(21)27;2-1-3/h3-15,19,24-26,33-34H,16-18H2,1-2H3,(H,32,35)(H,36,37);2-3H/t24?,25-,26-;/m0./s1. The molecule has 3 atom stereocenters. The SMILES string of the molecule is CC(C)C[C@H](NC(=O)C[C@H](O)C(Cc1cccc2ccccc12)NS(=O)(=O)c1cccc2cccnc12)C(=O)O.O[B]O. The van der Waals surface area contributed by atoms with E-state index in [1.807, 2.05) is 56.3 Å². The molecule has 0 spiro atoms. The lowest BCUT2D eigenvalue weighted by Gasteiger charge is -2.25. The van der Waals surface area contributed by atoms with Crippen molar-refractivity contribution >= 4 is 51.3 Å². The van der Waals surface area contributed by atoms with Crippen molar-refractivity contribution in [2.24, 2.45) is 5.92 Å². The first-order valence-corrected chi connectivity index (χ1v) is 15.1. The van der Waals surface area contributed by atoms with E-state index in [2.05, 4.69) is 15.0 Å². The van der Waals surface area contributed by atoms with Gasteiger partial charge in [-0.25, -0.2) is 17.9 Å². The molecule has 0 aliphatic rings. The van der Waals surface area contributed by atoms with Gasteiger partial charge in [-0.15, -0.1) is 0 Å². The van der Waals surface area contributed by atoms with Crippen molar-refractivity contribution in [3.63, 3.8) is 0 Å². The highest BCUT2D eigenvalue weighted by Crippen LogP contribution is 2.24. The Kier molecular flexibility index (Phi) is 12.2. The Labute approximate surface area is 251 Å². The van der Waals surface area contributed by atoms with E-state index in [0.717, 1.165) is 16.3 Å². The Morgan fingerprint density at radius 1 is 0.930 bits per heavy atom. The van der Waals surface area contributed by atoms with E-state index in [-0.39, 0.29) is 36.9 Å². The Morgan fingerprint density at radius 2 is 1.56 bits per heavy atom. The van der Waals surface area contributed by atoms with Gasteiger partial charge < -0.3 is 25.6 Å². The fourth-order valence-electron chi connectivity index (χ4n) is 4.80. The Hall–Kier alpha value is -3.88. The van der Waals surface area contributed by atoms with Gasteiger partial charge in [0.15, 0.2) is 0 Å². The number of fused-ring (bicyclic) bond motifs is 2. The molecule has 0 saturated carbocycles. The number of aromatic nitrogens is 1. The minimum absolute atomic E-state index is 0. The summed E-state index contributed by atoms with van der Waals surface area (Å²) in [4.78, 5) is 28.6. The number of carbonyl (C=O) groups is 2. The molecule has 11 nitrogen and oxygen atoms in total. The summed E-state index contributed by atoms with van der Waals surface area (Å²) in [5.41, 5.74) is 1.07. The second kappa shape index (κ2) is 15.6. The zero-order valence-electron chi connectivity index (χ0n) is 23.8. The van der Waals surface area contributed by atoms with E-state index in [1.165, 1.54) is 12.3 Å². The van der Waals surface area contributed by atoms with E-state index in [0.29, 0.717) is 5.39 Å². The molecule has 0 bridgehead atoms. The smallest absolute Gasteiger partial charge is 0.480 e. The van der Waals surface area contributed by atoms with E-state index in [9.17, 15) is 28.2 Å². The predicted octanol–water partition coefficient (Wildman–Crippen LogP) is 2.15. The van der Waals surface area contributed by atoms with E-state index in [1.54, 1.807) is 24.3 Å². The Balaban J connectivity index is 0.00000162. The lowest BCUT2D eigenvalue weighted by atomic mass is 9.95. The van der Waals surface area contributed by atoms with Crippen LogP contribution < -0.4 is 10.0 Å². The summed E-state index contributed by atoms with van der Waals surface area (Å²) in [5, 5.41) is 39.7. The number of aliphatic hydroxyl groups excluding tert-OH is 1. The topological polar surface area (TPSA) is 186 Å². The van der Waals surface area contributed by atoms with Crippen LogP contribution in [0.4, 0.5) is 0 Å².